The number of hydrogen-bond donors (Lipinski definition) is 1. The smallest absolute Gasteiger partial charge is 0.110 e. The van der Waals surface area contributed by atoms with Crippen LogP contribution < -0.4 is 5.32 Å². The normalized spacial score (nSPS) is 12.5. The Balaban J connectivity index is 2.24. The third kappa shape index (κ3) is 3.91. The average molecular weight is 286 g/mol. The van der Waals surface area contributed by atoms with E-state index >= 15 is 0 Å². The summed E-state index contributed by atoms with van der Waals surface area (Å²) in [7, 11) is 0. The van der Waals surface area contributed by atoms with Crippen LogP contribution in [0.2, 0.25) is 0 Å². The van der Waals surface area contributed by atoms with Crippen molar-refractivity contribution in [2.75, 3.05) is 6.54 Å². The predicted molar refractivity (Wildman–Crippen MR) is 86.3 cm³/mol. The van der Waals surface area contributed by atoms with Gasteiger partial charge in [-0.2, -0.15) is 0 Å². The summed E-state index contributed by atoms with van der Waals surface area (Å²) in [6.07, 6.45) is 8.86. The van der Waals surface area contributed by atoms with Crippen molar-refractivity contribution in [3.8, 4) is 0 Å². The molecule has 0 amide bonds. The van der Waals surface area contributed by atoms with Gasteiger partial charge in [-0.15, -0.1) is 0 Å². The molecule has 0 aliphatic carbocycles. The minimum atomic E-state index is 0.226. The molecule has 2 aromatic rings. The molecule has 0 spiro atoms. The van der Waals surface area contributed by atoms with Gasteiger partial charge in [0.2, 0.25) is 0 Å². The van der Waals surface area contributed by atoms with Gasteiger partial charge in [0.1, 0.15) is 5.82 Å². The Bertz CT molecular complexity index is 547. The lowest BCUT2D eigenvalue weighted by atomic mass is 10.0. The lowest BCUT2D eigenvalue weighted by molar-refractivity contribution is 0.503. The number of pyridine rings is 1. The van der Waals surface area contributed by atoms with Gasteiger partial charge in [0.15, 0.2) is 0 Å². The van der Waals surface area contributed by atoms with Crippen LogP contribution in [-0.4, -0.2) is 21.1 Å². The average Bonchev–Trinajstić information content (AvgIpc) is 2.94. The monoisotopic (exact) mass is 286 g/mol. The van der Waals surface area contributed by atoms with Crippen molar-refractivity contribution in [1.29, 1.82) is 0 Å². The van der Waals surface area contributed by atoms with Gasteiger partial charge in [-0.25, -0.2) is 4.98 Å². The molecular formula is C17H26N4. The molecule has 0 saturated heterocycles. The minimum absolute atomic E-state index is 0.226. The second kappa shape index (κ2) is 7.93. The van der Waals surface area contributed by atoms with E-state index in [1.165, 1.54) is 5.56 Å². The van der Waals surface area contributed by atoms with Crippen LogP contribution in [0.4, 0.5) is 0 Å². The van der Waals surface area contributed by atoms with Gasteiger partial charge in [0.25, 0.3) is 0 Å². The van der Waals surface area contributed by atoms with Gasteiger partial charge < -0.3 is 9.88 Å². The summed E-state index contributed by atoms with van der Waals surface area (Å²) >= 11 is 0. The molecule has 0 saturated carbocycles. The van der Waals surface area contributed by atoms with Gasteiger partial charge in [-0.1, -0.05) is 26.8 Å². The first-order valence-electron chi connectivity index (χ1n) is 7.97. The maximum atomic E-state index is 4.63. The van der Waals surface area contributed by atoms with E-state index in [9.17, 15) is 0 Å². The lowest BCUT2D eigenvalue weighted by Crippen LogP contribution is -2.26. The fraction of sp³-hybridized carbons (Fsp3) is 0.529. The van der Waals surface area contributed by atoms with Crippen molar-refractivity contribution in [3.05, 3.63) is 47.8 Å². The van der Waals surface area contributed by atoms with Crippen LogP contribution in [0, 0.1) is 0 Å². The molecule has 0 aliphatic heterocycles. The van der Waals surface area contributed by atoms with E-state index in [1.807, 2.05) is 18.5 Å². The largest absolute Gasteiger partial charge is 0.335 e. The predicted octanol–water partition coefficient (Wildman–Crippen LogP) is 3.14. The van der Waals surface area contributed by atoms with Gasteiger partial charge >= 0.3 is 0 Å². The molecule has 1 N–H and O–H groups in total. The summed E-state index contributed by atoms with van der Waals surface area (Å²) in [5.41, 5.74) is 2.48. The second-order valence-corrected chi connectivity index (χ2v) is 5.25. The maximum absolute atomic E-state index is 4.63. The molecule has 0 aliphatic rings. The van der Waals surface area contributed by atoms with Crippen LogP contribution in [0.1, 0.15) is 50.3 Å². The van der Waals surface area contributed by atoms with Crippen LogP contribution in [0.25, 0.3) is 0 Å². The number of aromatic nitrogens is 3. The van der Waals surface area contributed by atoms with Crippen molar-refractivity contribution in [1.82, 2.24) is 19.9 Å². The van der Waals surface area contributed by atoms with Crippen LogP contribution >= 0.6 is 0 Å². The zero-order valence-corrected chi connectivity index (χ0v) is 13.3. The molecule has 2 aromatic heterocycles. The molecule has 0 fully saturated rings. The van der Waals surface area contributed by atoms with E-state index in [1.54, 1.807) is 0 Å². The molecule has 1 unspecified atom stereocenters. The molecule has 0 aromatic carbocycles. The second-order valence-electron chi connectivity index (χ2n) is 5.25. The summed E-state index contributed by atoms with van der Waals surface area (Å²) in [6, 6.07) is 4.42. The third-order valence-electron chi connectivity index (χ3n) is 3.74. The van der Waals surface area contributed by atoms with E-state index in [4.69, 9.17) is 0 Å². The summed E-state index contributed by atoms with van der Waals surface area (Å²) < 4.78 is 2.25. The van der Waals surface area contributed by atoms with E-state index in [0.29, 0.717) is 0 Å². The number of aryl methyl sites for hydroxylation is 2. The number of nitrogens with one attached hydrogen (secondary N) is 1. The van der Waals surface area contributed by atoms with Gasteiger partial charge in [0.05, 0.1) is 11.7 Å². The Morgan fingerprint density at radius 1 is 1.19 bits per heavy atom. The third-order valence-corrected chi connectivity index (χ3v) is 3.74. The van der Waals surface area contributed by atoms with Crippen LogP contribution in [0.15, 0.2) is 30.7 Å². The molecule has 0 bridgehead atoms. The number of nitrogens with zero attached hydrogens (tertiary/aromatic N) is 3. The molecule has 0 radical (unpaired) electrons. The van der Waals surface area contributed by atoms with Crippen molar-refractivity contribution in [2.24, 2.45) is 0 Å². The van der Waals surface area contributed by atoms with E-state index < -0.39 is 0 Å². The van der Waals surface area contributed by atoms with Crippen LogP contribution in [0.5, 0.6) is 0 Å². The Hall–Kier alpha value is -1.68. The van der Waals surface area contributed by atoms with Crippen molar-refractivity contribution in [2.45, 2.75) is 52.6 Å². The highest BCUT2D eigenvalue weighted by molar-refractivity contribution is 5.24. The molecule has 2 heterocycles. The summed E-state index contributed by atoms with van der Waals surface area (Å²) in [4.78, 5) is 9.16. The molecule has 21 heavy (non-hydrogen) atoms. The quantitative estimate of drug-likeness (QED) is 0.810. The maximum Gasteiger partial charge on any atom is 0.110 e. The minimum Gasteiger partial charge on any atom is -0.335 e. The first-order valence-corrected chi connectivity index (χ1v) is 7.97. The first-order chi connectivity index (χ1) is 10.3. The standard InChI is InChI=1S/C17H26N4/c1-4-11-21-12-10-19-16(21)13-15(18-6-3)17-14(5-2)8-7-9-20-17/h7-10,12,15,18H,4-6,11,13H2,1-3H3. The SMILES string of the molecule is CCCn1ccnc1CC(NCC)c1ncccc1CC. The summed E-state index contributed by atoms with van der Waals surface area (Å²) in [5.74, 6) is 1.13. The zero-order chi connectivity index (χ0) is 15.1. The molecular weight excluding hydrogens is 260 g/mol. The van der Waals surface area contributed by atoms with Crippen molar-refractivity contribution in [3.63, 3.8) is 0 Å². The highest BCUT2D eigenvalue weighted by Gasteiger charge is 2.18. The first kappa shape index (κ1) is 15.7. The van der Waals surface area contributed by atoms with Crippen LogP contribution in [-0.2, 0) is 19.4 Å². The number of hydrogen-bond acceptors (Lipinski definition) is 3. The Labute approximate surface area is 127 Å². The van der Waals surface area contributed by atoms with Gasteiger partial charge in [-0.05, 0) is 31.0 Å². The number of likely N-dealkylation sites (N-methyl/N-ethyl adjacent to an activating group) is 1. The fourth-order valence-electron chi connectivity index (χ4n) is 2.73. The molecule has 4 heteroatoms. The lowest BCUT2D eigenvalue weighted by Gasteiger charge is -2.20. The van der Waals surface area contributed by atoms with Crippen molar-refractivity contribution < 1.29 is 0 Å². The van der Waals surface area contributed by atoms with E-state index in [0.717, 1.165) is 43.9 Å². The highest BCUT2D eigenvalue weighted by Crippen LogP contribution is 2.20. The molecule has 1 atom stereocenters. The topological polar surface area (TPSA) is 42.7 Å². The molecule has 114 valence electrons. The summed E-state index contributed by atoms with van der Waals surface area (Å²) in [5, 5.41) is 3.57. The Morgan fingerprint density at radius 2 is 2.05 bits per heavy atom. The van der Waals surface area contributed by atoms with E-state index in [2.05, 4.69) is 52.9 Å². The van der Waals surface area contributed by atoms with E-state index in [-0.39, 0.29) is 6.04 Å². The van der Waals surface area contributed by atoms with Crippen molar-refractivity contribution >= 4 is 0 Å². The van der Waals surface area contributed by atoms with Crippen LogP contribution in [0.3, 0.4) is 0 Å². The Kier molecular flexibility index (Phi) is 5.93. The van der Waals surface area contributed by atoms with Gasteiger partial charge in [0, 0.05) is 31.6 Å². The zero-order valence-electron chi connectivity index (χ0n) is 13.3. The molecule has 4 nitrogen and oxygen atoms in total. The summed E-state index contributed by atoms with van der Waals surface area (Å²) in [6.45, 7) is 8.47. The number of imidazole rings is 1. The Morgan fingerprint density at radius 3 is 2.76 bits per heavy atom. The fourth-order valence-corrected chi connectivity index (χ4v) is 2.73. The number of rotatable bonds is 8. The van der Waals surface area contributed by atoms with Gasteiger partial charge in [-0.3, -0.25) is 4.98 Å². The highest BCUT2D eigenvalue weighted by atomic mass is 15.1. The molecule has 2 rings (SSSR count).